The molecule has 1 N–H and O–H groups in total. The molecule has 1 aromatic carbocycles. The van der Waals surface area contributed by atoms with Gasteiger partial charge in [-0.05, 0) is 19.1 Å². The first-order chi connectivity index (χ1) is 5.92. The number of ether oxygens (including phenoxy) is 1. The summed E-state index contributed by atoms with van der Waals surface area (Å²) in [4.78, 5) is 3.15. The molecule has 2 aromatic rings. The van der Waals surface area contributed by atoms with Crippen molar-refractivity contribution in [1.82, 2.24) is 4.98 Å². The molecule has 2 rings (SSSR count). The molecule has 0 saturated carbocycles. The van der Waals surface area contributed by atoms with Crippen LogP contribution in [0.2, 0.25) is 0 Å². The number of nitrogens with one attached hydrogen (secondary N) is 1. The van der Waals surface area contributed by atoms with Crippen molar-refractivity contribution in [2.24, 2.45) is 0 Å². The Balaban J connectivity index is 2.57. The van der Waals surface area contributed by atoms with Crippen molar-refractivity contribution >= 4 is 10.9 Å². The van der Waals surface area contributed by atoms with Crippen molar-refractivity contribution in [2.75, 3.05) is 6.61 Å². The number of rotatable bonds is 2. The molecule has 2 heteroatoms. The summed E-state index contributed by atoms with van der Waals surface area (Å²) < 4.78 is 5.45. The molecule has 2 nitrogen and oxygen atoms in total. The Morgan fingerprint density at radius 3 is 3.08 bits per heavy atom. The normalized spacial score (nSPS) is 10.4. The highest BCUT2D eigenvalue weighted by molar-refractivity contribution is 5.84. The average Bonchev–Trinajstić information content (AvgIpc) is 2.53. The van der Waals surface area contributed by atoms with E-state index in [0.717, 1.165) is 11.3 Å². The van der Waals surface area contributed by atoms with E-state index in [1.54, 1.807) is 0 Å². The van der Waals surface area contributed by atoms with Gasteiger partial charge in [0.25, 0.3) is 0 Å². The molecule has 0 aliphatic heterocycles. The SMILES string of the molecule is CCOc1cccc2cc[nH]c12. The lowest BCUT2D eigenvalue weighted by Gasteiger charge is -2.02. The second kappa shape index (κ2) is 2.89. The van der Waals surface area contributed by atoms with Crippen LogP contribution in [0.15, 0.2) is 30.5 Å². The van der Waals surface area contributed by atoms with Gasteiger partial charge in [-0.1, -0.05) is 12.1 Å². The average molecular weight is 161 g/mol. The standard InChI is InChI=1S/C10H11NO/c1-2-12-9-5-3-4-8-6-7-11-10(8)9/h3-7,11H,2H2,1H3. The highest BCUT2D eigenvalue weighted by Gasteiger charge is 1.99. The van der Waals surface area contributed by atoms with E-state index in [2.05, 4.69) is 11.1 Å². The van der Waals surface area contributed by atoms with E-state index in [9.17, 15) is 0 Å². The quantitative estimate of drug-likeness (QED) is 0.719. The van der Waals surface area contributed by atoms with Crippen LogP contribution in [0.1, 0.15) is 6.92 Å². The molecule has 0 atom stereocenters. The molecule has 0 aliphatic rings. The highest BCUT2D eigenvalue weighted by Crippen LogP contribution is 2.23. The number of hydrogen-bond acceptors (Lipinski definition) is 1. The molecule has 0 amide bonds. The fourth-order valence-electron chi connectivity index (χ4n) is 1.33. The lowest BCUT2D eigenvalue weighted by atomic mass is 10.2. The Labute approximate surface area is 71.2 Å². The van der Waals surface area contributed by atoms with E-state index in [4.69, 9.17) is 4.74 Å². The summed E-state index contributed by atoms with van der Waals surface area (Å²) in [6.07, 6.45) is 1.92. The zero-order chi connectivity index (χ0) is 8.39. The van der Waals surface area contributed by atoms with Crippen molar-refractivity contribution in [3.8, 4) is 5.75 Å². The molecule has 12 heavy (non-hydrogen) atoms. The predicted octanol–water partition coefficient (Wildman–Crippen LogP) is 2.57. The van der Waals surface area contributed by atoms with Gasteiger partial charge in [-0.3, -0.25) is 0 Å². The largest absolute Gasteiger partial charge is 0.492 e. The number of hydrogen-bond donors (Lipinski definition) is 1. The van der Waals surface area contributed by atoms with Crippen molar-refractivity contribution in [1.29, 1.82) is 0 Å². The maximum atomic E-state index is 5.45. The topological polar surface area (TPSA) is 25.0 Å². The number of benzene rings is 1. The summed E-state index contributed by atoms with van der Waals surface area (Å²) >= 11 is 0. The Hall–Kier alpha value is -1.44. The van der Waals surface area contributed by atoms with E-state index >= 15 is 0 Å². The second-order valence-corrected chi connectivity index (χ2v) is 2.63. The summed E-state index contributed by atoms with van der Waals surface area (Å²) in [7, 11) is 0. The molecule has 1 aromatic heterocycles. The van der Waals surface area contributed by atoms with Crippen LogP contribution in [0.3, 0.4) is 0 Å². The van der Waals surface area contributed by atoms with Crippen LogP contribution in [0.5, 0.6) is 5.75 Å². The van der Waals surface area contributed by atoms with E-state index in [1.165, 1.54) is 5.39 Å². The molecule has 62 valence electrons. The third-order valence-electron chi connectivity index (χ3n) is 1.85. The van der Waals surface area contributed by atoms with Gasteiger partial charge in [-0.2, -0.15) is 0 Å². The number of H-pyrrole nitrogens is 1. The third-order valence-corrected chi connectivity index (χ3v) is 1.85. The number of para-hydroxylation sites is 1. The lowest BCUT2D eigenvalue weighted by molar-refractivity contribution is 0.344. The minimum absolute atomic E-state index is 0.706. The van der Waals surface area contributed by atoms with E-state index in [0.29, 0.717) is 6.61 Å². The summed E-state index contributed by atoms with van der Waals surface area (Å²) in [5.74, 6) is 0.931. The highest BCUT2D eigenvalue weighted by atomic mass is 16.5. The van der Waals surface area contributed by atoms with Gasteiger partial charge in [0.1, 0.15) is 5.75 Å². The first-order valence-electron chi connectivity index (χ1n) is 4.10. The van der Waals surface area contributed by atoms with Gasteiger partial charge in [0.15, 0.2) is 0 Å². The van der Waals surface area contributed by atoms with Gasteiger partial charge < -0.3 is 9.72 Å². The number of aromatic nitrogens is 1. The first-order valence-corrected chi connectivity index (χ1v) is 4.10. The number of aromatic amines is 1. The Bertz CT molecular complexity index is 378. The van der Waals surface area contributed by atoms with Crippen molar-refractivity contribution < 1.29 is 4.74 Å². The maximum absolute atomic E-state index is 5.45. The predicted molar refractivity (Wildman–Crippen MR) is 49.5 cm³/mol. The smallest absolute Gasteiger partial charge is 0.143 e. The van der Waals surface area contributed by atoms with Crippen LogP contribution in [-0.2, 0) is 0 Å². The maximum Gasteiger partial charge on any atom is 0.143 e. The van der Waals surface area contributed by atoms with Crippen LogP contribution in [0.4, 0.5) is 0 Å². The van der Waals surface area contributed by atoms with Gasteiger partial charge in [-0.15, -0.1) is 0 Å². The molecular formula is C10H11NO. The summed E-state index contributed by atoms with van der Waals surface area (Å²) in [6.45, 7) is 2.69. The van der Waals surface area contributed by atoms with Crippen LogP contribution in [0, 0.1) is 0 Å². The molecule has 0 unspecified atom stereocenters. The van der Waals surface area contributed by atoms with Crippen molar-refractivity contribution in [3.63, 3.8) is 0 Å². The summed E-state index contributed by atoms with van der Waals surface area (Å²) in [6, 6.07) is 8.08. The van der Waals surface area contributed by atoms with Crippen molar-refractivity contribution in [3.05, 3.63) is 30.5 Å². The first kappa shape index (κ1) is 7.22. The molecular weight excluding hydrogens is 150 g/mol. The number of fused-ring (bicyclic) bond motifs is 1. The summed E-state index contributed by atoms with van der Waals surface area (Å²) in [5.41, 5.74) is 1.08. The van der Waals surface area contributed by atoms with Crippen LogP contribution in [-0.4, -0.2) is 11.6 Å². The molecule has 0 saturated heterocycles. The van der Waals surface area contributed by atoms with Gasteiger partial charge in [0.05, 0.1) is 12.1 Å². The van der Waals surface area contributed by atoms with E-state index in [-0.39, 0.29) is 0 Å². The monoisotopic (exact) mass is 161 g/mol. The lowest BCUT2D eigenvalue weighted by Crippen LogP contribution is -1.91. The minimum Gasteiger partial charge on any atom is -0.492 e. The summed E-state index contributed by atoms with van der Waals surface area (Å²) in [5, 5.41) is 1.20. The Morgan fingerprint density at radius 2 is 2.25 bits per heavy atom. The van der Waals surface area contributed by atoms with Crippen LogP contribution < -0.4 is 4.74 Å². The Kier molecular flexibility index (Phi) is 1.74. The second-order valence-electron chi connectivity index (χ2n) is 2.63. The molecule has 0 fully saturated rings. The fourth-order valence-corrected chi connectivity index (χ4v) is 1.33. The molecule has 0 bridgehead atoms. The third kappa shape index (κ3) is 1.05. The molecule has 1 heterocycles. The van der Waals surface area contributed by atoms with Crippen molar-refractivity contribution in [2.45, 2.75) is 6.92 Å². The van der Waals surface area contributed by atoms with Gasteiger partial charge in [0.2, 0.25) is 0 Å². The van der Waals surface area contributed by atoms with E-state index < -0.39 is 0 Å². The van der Waals surface area contributed by atoms with Crippen LogP contribution in [0.25, 0.3) is 10.9 Å². The molecule has 0 aliphatic carbocycles. The van der Waals surface area contributed by atoms with E-state index in [1.807, 2.05) is 31.3 Å². The zero-order valence-electron chi connectivity index (χ0n) is 7.00. The molecule has 0 spiro atoms. The Morgan fingerprint density at radius 1 is 1.33 bits per heavy atom. The molecule has 0 radical (unpaired) electrons. The van der Waals surface area contributed by atoms with Gasteiger partial charge in [-0.25, -0.2) is 0 Å². The minimum atomic E-state index is 0.706. The van der Waals surface area contributed by atoms with Crippen LogP contribution >= 0.6 is 0 Å². The van der Waals surface area contributed by atoms with Gasteiger partial charge >= 0.3 is 0 Å². The fraction of sp³-hybridized carbons (Fsp3) is 0.200. The zero-order valence-corrected chi connectivity index (χ0v) is 7.00. The van der Waals surface area contributed by atoms with Gasteiger partial charge in [0, 0.05) is 11.6 Å².